The lowest BCUT2D eigenvalue weighted by Gasteiger charge is -2.04. The standard InChI is InChI=1S/C5H7ClO3/c1-3-4(2-6)9-5(7)8-3/h3-4H,2H2,1H3/t3-,4-/m1/s1. The molecule has 0 bridgehead atoms. The summed E-state index contributed by atoms with van der Waals surface area (Å²) in [7, 11) is 0. The molecule has 0 aromatic heterocycles. The van der Waals surface area contributed by atoms with Gasteiger partial charge in [0.25, 0.3) is 0 Å². The highest BCUT2D eigenvalue weighted by molar-refractivity contribution is 6.18. The number of hydrogen-bond donors (Lipinski definition) is 0. The smallest absolute Gasteiger partial charge is 0.427 e. The fourth-order valence-electron chi connectivity index (χ4n) is 0.632. The molecule has 0 aromatic carbocycles. The van der Waals surface area contributed by atoms with Crippen LogP contribution in [0.4, 0.5) is 4.79 Å². The molecular weight excluding hydrogens is 144 g/mol. The van der Waals surface area contributed by atoms with Crippen molar-refractivity contribution in [1.29, 1.82) is 0 Å². The molecular formula is C5H7ClO3. The molecule has 4 heteroatoms. The van der Waals surface area contributed by atoms with Gasteiger partial charge in [-0.1, -0.05) is 0 Å². The zero-order valence-electron chi connectivity index (χ0n) is 4.96. The minimum atomic E-state index is -0.617. The molecule has 52 valence electrons. The number of cyclic esters (lactones) is 2. The molecule has 1 fully saturated rings. The highest BCUT2D eigenvalue weighted by Crippen LogP contribution is 2.14. The van der Waals surface area contributed by atoms with Crippen molar-refractivity contribution in [3.8, 4) is 0 Å². The minimum absolute atomic E-state index is 0.199. The third-order valence-corrected chi connectivity index (χ3v) is 1.51. The summed E-state index contributed by atoms with van der Waals surface area (Å²) in [6.45, 7) is 1.75. The highest BCUT2D eigenvalue weighted by Gasteiger charge is 2.31. The van der Waals surface area contributed by atoms with Crippen molar-refractivity contribution < 1.29 is 14.3 Å². The van der Waals surface area contributed by atoms with E-state index in [1.807, 2.05) is 0 Å². The number of hydrogen-bond acceptors (Lipinski definition) is 3. The van der Waals surface area contributed by atoms with Crippen molar-refractivity contribution >= 4 is 17.8 Å². The molecule has 1 aliphatic rings. The van der Waals surface area contributed by atoms with Gasteiger partial charge in [0.15, 0.2) is 6.10 Å². The van der Waals surface area contributed by atoms with Gasteiger partial charge in [0, 0.05) is 0 Å². The molecule has 9 heavy (non-hydrogen) atoms. The van der Waals surface area contributed by atoms with Crippen molar-refractivity contribution in [2.75, 3.05) is 5.88 Å². The summed E-state index contributed by atoms with van der Waals surface area (Å²) in [4.78, 5) is 10.3. The predicted octanol–water partition coefficient (Wildman–Crippen LogP) is 1.15. The van der Waals surface area contributed by atoms with Crippen LogP contribution in [-0.4, -0.2) is 24.2 Å². The molecule has 1 aliphatic heterocycles. The van der Waals surface area contributed by atoms with Gasteiger partial charge in [0.05, 0.1) is 5.88 Å². The van der Waals surface area contributed by atoms with Crippen LogP contribution in [0.25, 0.3) is 0 Å². The lowest BCUT2D eigenvalue weighted by Crippen LogP contribution is -2.20. The van der Waals surface area contributed by atoms with Crippen LogP contribution in [0.2, 0.25) is 0 Å². The molecule has 0 spiro atoms. The predicted molar refractivity (Wildman–Crippen MR) is 31.5 cm³/mol. The fraction of sp³-hybridized carbons (Fsp3) is 0.800. The van der Waals surface area contributed by atoms with E-state index in [1.165, 1.54) is 0 Å². The summed E-state index contributed by atoms with van der Waals surface area (Å²) in [5.41, 5.74) is 0. The van der Waals surface area contributed by atoms with Crippen molar-refractivity contribution in [2.24, 2.45) is 0 Å². The number of alkyl halides is 1. The van der Waals surface area contributed by atoms with Crippen LogP contribution in [0.1, 0.15) is 6.92 Å². The molecule has 0 unspecified atom stereocenters. The average Bonchev–Trinajstić information content (AvgIpc) is 2.10. The Morgan fingerprint density at radius 1 is 1.67 bits per heavy atom. The maximum atomic E-state index is 10.3. The molecule has 1 rings (SSSR count). The Bertz CT molecular complexity index is 125. The number of halogens is 1. The van der Waals surface area contributed by atoms with Gasteiger partial charge in [-0.2, -0.15) is 0 Å². The van der Waals surface area contributed by atoms with Crippen molar-refractivity contribution in [3.05, 3.63) is 0 Å². The third kappa shape index (κ3) is 1.27. The molecule has 0 saturated carbocycles. The van der Waals surface area contributed by atoms with Gasteiger partial charge in [-0.25, -0.2) is 4.79 Å². The summed E-state index contributed by atoms with van der Waals surface area (Å²) < 4.78 is 9.25. The molecule has 1 heterocycles. The minimum Gasteiger partial charge on any atom is -0.427 e. The Morgan fingerprint density at radius 2 is 2.33 bits per heavy atom. The Hall–Kier alpha value is -0.440. The van der Waals surface area contributed by atoms with E-state index in [0.29, 0.717) is 5.88 Å². The Kier molecular flexibility index (Phi) is 1.81. The number of ether oxygens (including phenoxy) is 2. The lowest BCUT2D eigenvalue weighted by molar-refractivity contribution is 0.118. The summed E-state index contributed by atoms with van der Waals surface area (Å²) >= 11 is 5.41. The second kappa shape index (κ2) is 2.43. The second-order valence-corrected chi connectivity index (χ2v) is 2.19. The second-order valence-electron chi connectivity index (χ2n) is 1.88. The summed E-state index contributed by atoms with van der Waals surface area (Å²) in [6.07, 6.45) is -1.08. The highest BCUT2D eigenvalue weighted by atomic mass is 35.5. The zero-order valence-corrected chi connectivity index (χ0v) is 5.72. The van der Waals surface area contributed by atoms with Crippen LogP contribution in [-0.2, 0) is 9.47 Å². The van der Waals surface area contributed by atoms with E-state index in [-0.39, 0.29) is 12.2 Å². The van der Waals surface area contributed by atoms with Gasteiger partial charge in [0.1, 0.15) is 6.10 Å². The van der Waals surface area contributed by atoms with E-state index in [4.69, 9.17) is 11.6 Å². The molecule has 0 radical (unpaired) electrons. The van der Waals surface area contributed by atoms with Gasteiger partial charge in [0.2, 0.25) is 0 Å². The molecule has 0 aromatic rings. The summed E-state index contributed by atoms with van der Waals surface area (Å²) in [5, 5.41) is 0. The van der Waals surface area contributed by atoms with Gasteiger partial charge in [-0.3, -0.25) is 0 Å². The molecule has 2 atom stereocenters. The SMILES string of the molecule is C[C@H]1OC(=O)O[C@@H]1CCl. The average molecular weight is 151 g/mol. The first-order chi connectivity index (χ1) is 4.24. The number of rotatable bonds is 1. The molecule has 3 nitrogen and oxygen atoms in total. The quantitative estimate of drug-likeness (QED) is 0.416. The largest absolute Gasteiger partial charge is 0.509 e. The van der Waals surface area contributed by atoms with E-state index in [1.54, 1.807) is 6.92 Å². The van der Waals surface area contributed by atoms with Crippen LogP contribution < -0.4 is 0 Å². The van der Waals surface area contributed by atoms with E-state index in [2.05, 4.69) is 9.47 Å². The first-order valence-electron chi connectivity index (χ1n) is 2.67. The third-order valence-electron chi connectivity index (χ3n) is 1.21. The fourth-order valence-corrected chi connectivity index (χ4v) is 0.946. The number of carbonyl (C=O) groups is 1. The van der Waals surface area contributed by atoms with Gasteiger partial charge >= 0.3 is 6.16 Å². The molecule has 0 N–H and O–H groups in total. The topological polar surface area (TPSA) is 35.5 Å². The van der Waals surface area contributed by atoms with E-state index < -0.39 is 6.16 Å². The summed E-state index contributed by atoms with van der Waals surface area (Å²) in [5.74, 6) is 0.299. The van der Waals surface area contributed by atoms with Crippen molar-refractivity contribution in [1.82, 2.24) is 0 Å². The van der Waals surface area contributed by atoms with Gasteiger partial charge in [-0.15, -0.1) is 11.6 Å². The maximum absolute atomic E-state index is 10.3. The Morgan fingerprint density at radius 3 is 2.56 bits per heavy atom. The lowest BCUT2D eigenvalue weighted by atomic mass is 10.3. The normalized spacial score (nSPS) is 33.8. The van der Waals surface area contributed by atoms with Crippen LogP contribution in [0.15, 0.2) is 0 Å². The molecule has 1 saturated heterocycles. The Labute approximate surface area is 57.9 Å². The van der Waals surface area contributed by atoms with Crippen molar-refractivity contribution in [2.45, 2.75) is 19.1 Å². The zero-order chi connectivity index (χ0) is 6.85. The molecule has 0 aliphatic carbocycles. The maximum Gasteiger partial charge on any atom is 0.509 e. The van der Waals surface area contributed by atoms with Crippen LogP contribution >= 0.6 is 11.6 Å². The van der Waals surface area contributed by atoms with Crippen LogP contribution in [0.5, 0.6) is 0 Å². The van der Waals surface area contributed by atoms with E-state index in [0.717, 1.165) is 0 Å². The van der Waals surface area contributed by atoms with Crippen LogP contribution in [0.3, 0.4) is 0 Å². The van der Waals surface area contributed by atoms with E-state index in [9.17, 15) is 4.79 Å². The monoisotopic (exact) mass is 150 g/mol. The van der Waals surface area contributed by atoms with Crippen LogP contribution in [0, 0.1) is 0 Å². The first kappa shape index (κ1) is 6.68. The summed E-state index contributed by atoms with van der Waals surface area (Å²) in [6, 6.07) is 0. The number of carbonyl (C=O) groups excluding carboxylic acids is 1. The molecule has 0 amide bonds. The van der Waals surface area contributed by atoms with Gasteiger partial charge in [-0.05, 0) is 6.92 Å². The van der Waals surface area contributed by atoms with Crippen molar-refractivity contribution in [3.63, 3.8) is 0 Å². The van der Waals surface area contributed by atoms with E-state index >= 15 is 0 Å². The first-order valence-corrected chi connectivity index (χ1v) is 3.20. The Balaban J connectivity index is 2.47. The van der Waals surface area contributed by atoms with Gasteiger partial charge < -0.3 is 9.47 Å².